The van der Waals surface area contributed by atoms with E-state index in [2.05, 4.69) is 41.1 Å². The highest BCUT2D eigenvalue weighted by atomic mass is 16.2. The number of anilines is 1. The maximum absolute atomic E-state index is 12.9. The van der Waals surface area contributed by atoms with Crippen LogP contribution in [0.15, 0.2) is 64.2 Å². The van der Waals surface area contributed by atoms with E-state index in [1.54, 1.807) is 4.57 Å². The number of rotatable bonds is 7. The Morgan fingerprint density at radius 2 is 1.75 bits per heavy atom. The fourth-order valence-corrected chi connectivity index (χ4v) is 4.55. The topological polar surface area (TPSA) is 75.9 Å². The number of aromatic amines is 1. The molecule has 32 heavy (non-hydrogen) atoms. The molecule has 0 amide bonds. The number of aromatic nitrogens is 4. The Balaban J connectivity index is 1.62. The third-order valence-corrected chi connectivity index (χ3v) is 6.20. The van der Waals surface area contributed by atoms with Crippen molar-refractivity contribution < 1.29 is 0 Å². The van der Waals surface area contributed by atoms with E-state index in [-0.39, 0.29) is 5.56 Å². The number of nitrogens with one attached hydrogen (secondary N) is 1. The number of benzene rings is 2. The van der Waals surface area contributed by atoms with Crippen LogP contribution in [-0.4, -0.2) is 25.6 Å². The van der Waals surface area contributed by atoms with Gasteiger partial charge in [0.05, 0.1) is 13.1 Å². The van der Waals surface area contributed by atoms with Crippen molar-refractivity contribution >= 4 is 16.9 Å². The number of unbranched alkanes of at least 4 members (excludes halogenated alkanes) is 1. The van der Waals surface area contributed by atoms with Gasteiger partial charge in [0.25, 0.3) is 5.56 Å². The van der Waals surface area contributed by atoms with Gasteiger partial charge in [-0.3, -0.25) is 14.3 Å². The van der Waals surface area contributed by atoms with Crippen LogP contribution in [0.25, 0.3) is 11.2 Å². The van der Waals surface area contributed by atoms with E-state index in [4.69, 9.17) is 4.98 Å². The SMILES string of the molecule is CCCCn1c(CN2CCc3ccccc32)nc2c1c(=O)[nH]c(=O)n2Cc1ccccc1. The van der Waals surface area contributed by atoms with Crippen LogP contribution in [0.1, 0.15) is 36.7 Å². The second kappa shape index (κ2) is 8.49. The molecule has 5 rings (SSSR count). The maximum atomic E-state index is 12.9. The summed E-state index contributed by atoms with van der Waals surface area (Å²) < 4.78 is 3.59. The van der Waals surface area contributed by atoms with Crippen LogP contribution in [0.2, 0.25) is 0 Å². The van der Waals surface area contributed by atoms with Gasteiger partial charge < -0.3 is 9.47 Å². The Labute approximate surface area is 186 Å². The first-order chi connectivity index (χ1) is 15.7. The van der Waals surface area contributed by atoms with Crippen molar-refractivity contribution in [3.63, 3.8) is 0 Å². The highest BCUT2D eigenvalue weighted by Crippen LogP contribution is 2.29. The molecular formula is C25H27N5O2. The number of para-hydroxylation sites is 1. The molecule has 7 heteroatoms. The van der Waals surface area contributed by atoms with Gasteiger partial charge in [-0.05, 0) is 30.0 Å². The highest BCUT2D eigenvalue weighted by Gasteiger charge is 2.23. The monoisotopic (exact) mass is 429 g/mol. The standard InChI is InChI=1S/C25H27N5O2/c1-2-3-14-29-21(17-28-15-13-19-11-7-8-12-20(19)28)26-23-22(29)24(31)27-25(32)30(23)16-18-9-5-4-6-10-18/h4-12H,2-3,13-17H2,1H3,(H,27,31,32). The summed E-state index contributed by atoms with van der Waals surface area (Å²) in [5, 5.41) is 0. The van der Waals surface area contributed by atoms with E-state index >= 15 is 0 Å². The highest BCUT2D eigenvalue weighted by molar-refractivity contribution is 5.71. The molecule has 0 saturated heterocycles. The molecule has 0 spiro atoms. The first kappa shape index (κ1) is 20.3. The summed E-state index contributed by atoms with van der Waals surface area (Å²) in [6.07, 6.45) is 2.95. The number of hydrogen-bond donors (Lipinski definition) is 1. The summed E-state index contributed by atoms with van der Waals surface area (Å²) in [5.74, 6) is 0.822. The van der Waals surface area contributed by atoms with Crippen molar-refractivity contribution in [3.8, 4) is 0 Å². The van der Waals surface area contributed by atoms with Gasteiger partial charge in [0.1, 0.15) is 5.82 Å². The minimum absolute atomic E-state index is 0.365. The molecule has 2 aromatic carbocycles. The molecule has 164 valence electrons. The first-order valence-electron chi connectivity index (χ1n) is 11.2. The van der Waals surface area contributed by atoms with Crippen LogP contribution >= 0.6 is 0 Å². The van der Waals surface area contributed by atoms with Crippen molar-refractivity contribution in [1.82, 2.24) is 19.1 Å². The van der Waals surface area contributed by atoms with Crippen LogP contribution < -0.4 is 16.1 Å². The molecule has 0 radical (unpaired) electrons. The molecular weight excluding hydrogens is 402 g/mol. The van der Waals surface area contributed by atoms with Crippen molar-refractivity contribution in [2.24, 2.45) is 0 Å². The van der Waals surface area contributed by atoms with E-state index in [0.29, 0.717) is 30.8 Å². The van der Waals surface area contributed by atoms with Crippen LogP contribution in [0.5, 0.6) is 0 Å². The lowest BCUT2D eigenvalue weighted by molar-refractivity contribution is 0.607. The Morgan fingerprint density at radius 3 is 2.56 bits per heavy atom. The normalized spacial score (nSPS) is 13.1. The predicted molar refractivity (Wildman–Crippen MR) is 126 cm³/mol. The average molecular weight is 430 g/mol. The molecule has 1 aliphatic rings. The van der Waals surface area contributed by atoms with Crippen molar-refractivity contribution in [1.29, 1.82) is 0 Å². The number of aryl methyl sites for hydroxylation is 1. The quantitative estimate of drug-likeness (QED) is 0.489. The molecule has 0 bridgehead atoms. The van der Waals surface area contributed by atoms with E-state index in [1.807, 2.05) is 34.9 Å². The molecule has 7 nitrogen and oxygen atoms in total. The Kier molecular flexibility index (Phi) is 5.39. The second-order valence-electron chi connectivity index (χ2n) is 8.34. The molecule has 4 aromatic rings. The lowest BCUT2D eigenvalue weighted by atomic mass is 10.2. The van der Waals surface area contributed by atoms with E-state index in [9.17, 15) is 9.59 Å². The van der Waals surface area contributed by atoms with Gasteiger partial charge in [0.15, 0.2) is 11.2 Å². The maximum Gasteiger partial charge on any atom is 0.330 e. The summed E-state index contributed by atoms with van der Waals surface area (Å²) >= 11 is 0. The van der Waals surface area contributed by atoms with Crippen LogP contribution in [0, 0.1) is 0 Å². The molecule has 1 N–H and O–H groups in total. The lowest BCUT2D eigenvalue weighted by Gasteiger charge is -2.19. The third-order valence-electron chi connectivity index (χ3n) is 6.20. The largest absolute Gasteiger partial charge is 0.363 e. The van der Waals surface area contributed by atoms with Gasteiger partial charge in [-0.2, -0.15) is 0 Å². The fraction of sp³-hybridized carbons (Fsp3) is 0.320. The molecule has 0 unspecified atom stereocenters. The van der Waals surface area contributed by atoms with Crippen molar-refractivity contribution in [2.75, 3.05) is 11.4 Å². The number of hydrogen-bond acceptors (Lipinski definition) is 4. The number of fused-ring (bicyclic) bond motifs is 2. The van der Waals surface area contributed by atoms with E-state index < -0.39 is 5.69 Å². The Bertz CT molecular complexity index is 1370. The van der Waals surface area contributed by atoms with Crippen molar-refractivity contribution in [3.05, 3.63) is 92.4 Å². The molecule has 0 saturated carbocycles. The summed E-state index contributed by atoms with van der Waals surface area (Å²) in [6, 6.07) is 18.2. The summed E-state index contributed by atoms with van der Waals surface area (Å²) in [6.45, 7) is 4.72. The summed E-state index contributed by atoms with van der Waals surface area (Å²) in [7, 11) is 0. The van der Waals surface area contributed by atoms with Gasteiger partial charge in [-0.25, -0.2) is 9.78 Å². The average Bonchev–Trinajstić information content (AvgIpc) is 3.38. The Hall–Kier alpha value is -3.61. The Morgan fingerprint density at radius 1 is 0.969 bits per heavy atom. The molecule has 2 aromatic heterocycles. The second-order valence-corrected chi connectivity index (χ2v) is 8.34. The zero-order valence-corrected chi connectivity index (χ0v) is 18.3. The molecule has 0 aliphatic carbocycles. The van der Waals surface area contributed by atoms with Crippen LogP contribution in [0.3, 0.4) is 0 Å². The molecule has 0 fully saturated rings. The number of nitrogens with zero attached hydrogens (tertiary/aromatic N) is 4. The summed E-state index contributed by atoms with van der Waals surface area (Å²) in [4.78, 5) is 35.4. The van der Waals surface area contributed by atoms with Gasteiger partial charge in [0, 0.05) is 18.8 Å². The minimum atomic E-state index is -0.426. The van der Waals surface area contributed by atoms with Gasteiger partial charge in [0.2, 0.25) is 0 Å². The van der Waals surface area contributed by atoms with Crippen molar-refractivity contribution in [2.45, 2.75) is 45.8 Å². The minimum Gasteiger partial charge on any atom is -0.363 e. The van der Waals surface area contributed by atoms with Gasteiger partial charge in [-0.15, -0.1) is 0 Å². The van der Waals surface area contributed by atoms with E-state index in [1.165, 1.54) is 11.3 Å². The number of H-pyrrole nitrogens is 1. The smallest absolute Gasteiger partial charge is 0.330 e. The lowest BCUT2D eigenvalue weighted by Crippen LogP contribution is -2.31. The predicted octanol–water partition coefficient (Wildman–Crippen LogP) is 3.30. The number of imidazole rings is 1. The zero-order chi connectivity index (χ0) is 22.1. The van der Waals surface area contributed by atoms with Crippen LogP contribution in [0.4, 0.5) is 5.69 Å². The molecule has 0 atom stereocenters. The molecule has 1 aliphatic heterocycles. The summed E-state index contributed by atoms with van der Waals surface area (Å²) in [5.41, 5.74) is 3.69. The zero-order valence-electron chi connectivity index (χ0n) is 18.3. The molecule has 3 heterocycles. The van der Waals surface area contributed by atoms with Crippen LogP contribution in [-0.2, 0) is 26.1 Å². The third kappa shape index (κ3) is 3.64. The van der Waals surface area contributed by atoms with E-state index in [0.717, 1.165) is 37.2 Å². The fourth-order valence-electron chi connectivity index (χ4n) is 4.55. The van der Waals surface area contributed by atoms with Gasteiger partial charge in [-0.1, -0.05) is 61.9 Å². The van der Waals surface area contributed by atoms with Gasteiger partial charge >= 0.3 is 5.69 Å². The first-order valence-corrected chi connectivity index (χ1v) is 11.2.